The number of hydrogen-bond acceptors (Lipinski definition) is 3. The summed E-state index contributed by atoms with van der Waals surface area (Å²) in [5.41, 5.74) is 2.28. The first kappa shape index (κ1) is 14.0. The lowest BCUT2D eigenvalue weighted by atomic mass is 9.93. The van der Waals surface area contributed by atoms with Crippen molar-refractivity contribution in [3.63, 3.8) is 0 Å². The topological polar surface area (TPSA) is 61.4 Å². The maximum absolute atomic E-state index is 12.3. The van der Waals surface area contributed by atoms with Crippen LogP contribution in [0.5, 0.6) is 0 Å². The van der Waals surface area contributed by atoms with Crippen LogP contribution >= 0.6 is 0 Å². The van der Waals surface area contributed by atoms with E-state index in [2.05, 4.69) is 16.7 Å². The van der Waals surface area contributed by atoms with Gasteiger partial charge in [0.1, 0.15) is 6.04 Å². The zero-order valence-electron chi connectivity index (χ0n) is 11.5. The molecule has 1 aromatic rings. The summed E-state index contributed by atoms with van der Waals surface area (Å²) in [7, 11) is 0. The van der Waals surface area contributed by atoms with E-state index in [0.717, 1.165) is 18.5 Å². The smallest absolute Gasteiger partial charge is 0.242 e. The lowest BCUT2D eigenvalue weighted by molar-refractivity contribution is -0.124. The van der Waals surface area contributed by atoms with E-state index < -0.39 is 0 Å². The molecule has 2 atom stereocenters. The van der Waals surface area contributed by atoms with Gasteiger partial charge in [-0.1, -0.05) is 38.1 Å². The average molecular weight is 262 g/mol. The molecule has 1 unspecified atom stereocenters. The lowest BCUT2D eigenvalue weighted by Crippen LogP contribution is -2.48. The second-order valence-electron chi connectivity index (χ2n) is 5.38. The van der Waals surface area contributed by atoms with Gasteiger partial charge in [-0.3, -0.25) is 4.79 Å². The van der Waals surface area contributed by atoms with E-state index >= 15 is 0 Å². The van der Waals surface area contributed by atoms with Gasteiger partial charge >= 0.3 is 0 Å². The van der Waals surface area contributed by atoms with E-state index in [9.17, 15) is 9.90 Å². The fourth-order valence-corrected chi connectivity index (χ4v) is 2.43. The van der Waals surface area contributed by atoms with Crippen molar-refractivity contribution in [2.24, 2.45) is 5.92 Å². The van der Waals surface area contributed by atoms with Crippen molar-refractivity contribution >= 4 is 5.91 Å². The molecular formula is C15H22N2O2. The Morgan fingerprint density at radius 1 is 1.47 bits per heavy atom. The van der Waals surface area contributed by atoms with E-state index in [1.165, 1.54) is 5.56 Å². The Morgan fingerprint density at radius 2 is 2.21 bits per heavy atom. The summed E-state index contributed by atoms with van der Waals surface area (Å²) in [6.07, 6.45) is 0.952. The standard InChI is InChI=1S/C15H22N2O2/c1-10(2)13(9-18)17-15(19)14-12-6-4-3-5-11(12)7-8-16-14/h3-6,10,13-14,16,18H,7-9H2,1-2H3,(H,17,19)/t13-,14?/m1/s1. The minimum Gasteiger partial charge on any atom is -0.394 e. The number of nitrogens with one attached hydrogen (secondary N) is 2. The van der Waals surface area contributed by atoms with E-state index in [0.29, 0.717) is 0 Å². The average Bonchev–Trinajstić information content (AvgIpc) is 2.43. The highest BCUT2D eigenvalue weighted by Gasteiger charge is 2.27. The minimum absolute atomic E-state index is 0.0300. The van der Waals surface area contributed by atoms with Gasteiger partial charge in [-0.15, -0.1) is 0 Å². The van der Waals surface area contributed by atoms with Crippen LogP contribution in [0.15, 0.2) is 24.3 Å². The molecule has 4 nitrogen and oxygen atoms in total. The molecule has 1 aliphatic heterocycles. The molecule has 0 saturated heterocycles. The third-order valence-electron chi connectivity index (χ3n) is 3.70. The summed E-state index contributed by atoms with van der Waals surface area (Å²) in [5, 5.41) is 15.5. The lowest BCUT2D eigenvalue weighted by Gasteiger charge is -2.28. The number of rotatable bonds is 4. The second kappa shape index (κ2) is 6.17. The van der Waals surface area contributed by atoms with Crippen LogP contribution in [0.1, 0.15) is 31.0 Å². The fourth-order valence-electron chi connectivity index (χ4n) is 2.43. The maximum atomic E-state index is 12.3. The predicted octanol–water partition coefficient (Wildman–Crippen LogP) is 1.01. The van der Waals surface area contributed by atoms with Gasteiger partial charge in [0.2, 0.25) is 5.91 Å². The van der Waals surface area contributed by atoms with Crippen LogP contribution in [-0.2, 0) is 11.2 Å². The highest BCUT2D eigenvalue weighted by Crippen LogP contribution is 2.22. The first-order chi connectivity index (χ1) is 9.13. The van der Waals surface area contributed by atoms with Crippen LogP contribution in [0.25, 0.3) is 0 Å². The Labute approximate surface area is 114 Å². The van der Waals surface area contributed by atoms with Crippen LogP contribution in [0, 0.1) is 5.92 Å². The number of aliphatic hydroxyl groups is 1. The Hall–Kier alpha value is -1.39. The van der Waals surface area contributed by atoms with E-state index in [-0.39, 0.29) is 30.5 Å². The van der Waals surface area contributed by atoms with Crippen molar-refractivity contribution in [1.82, 2.24) is 10.6 Å². The third-order valence-corrected chi connectivity index (χ3v) is 3.70. The molecule has 3 N–H and O–H groups in total. The molecular weight excluding hydrogens is 240 g/mol. The maximum Gasteiger partial charge on any atom is 0.242 e. The highest BCUT2D eigenvalue weighted by atomic mass is 16.3. The summed E-state index contributed by atoms with van der Waals surface area (Å²) in [4.78, 5) is 12.3. The number of amides is 1. The molecule has 2 rings (SSSR count). The molecule has 0 spiro atoms. The van der Waals surface area contributed by atoms with Gasteiger partial charge in [0.05, 0.1) is 12.6 Å². The van der Waals surface area contributed by atoms with Crippen molar-refractivity contribution in [2.45, 2.75) is 32.4 Å². The number of fused-ring (bicyclic) bond motifs is 1. The first-order valence-electron chi connectivity index (χ1n) is 6.86. The SMILES string of the molecule is CC(C)[C@@H](CO)NC(=O)C1NCCc2ccccc21. The van der Waals surface area contributed by atoms with Gasteiger partial charge in [-0.2, -0.15) is 0 Å². The monoisotopic (exact) mass is 262 g/mol. The quantitative estimate of drug-likeness (QED) is 0.759. The number of carbonyl (C=O) groups excluding carboxylic acids is 1. The van der Waals surface area contributed by atoms with Gasteiger partial charge in [-0.25, -0.2) is 0 Å². The predicted molar refractivity (Wildman–Crippen MR) is 74.7 cm³/mol. The summed E-state index contributed by atoms with van der Waals surface area (Å²) < 4.78 is 0. The van der Waals surface area contributed by atoms with Gasteiger partial charge in [0.25, 0.3) is 0 Å². The molecule has 0 aromatic heterocycles. The largest absolute Gasteiger partial charge is 0.394 e. The zero-order valence-corrected chi connectivity index (χ0v) is 11.5. The van der Waals surface area contributed by atoms with Crippen LogP contribution < -0.4 is 10.6 Å². The molecule has 1 aromatic carbocycles. The van der Waals surface area contributed by atoms with Crippen molar-refractivity contribution in [2.75, 3.05) is 13.2 Å². The highest BCUT2D eigenvalue weighted by molar-refractivity contribution is 5.84. The molecule has 0 saturated carbocycles. The molecule has 1 heterocycles. The minimum atomic E-state index is -0.308. The third kappa shape index (κ3) is 3.14. The molecule has 0 aliphatic carbocycles. The zero-order chi connectivity index (χ0) is 13.8. The van der Waals surface area contributed by atoms with Crippen molar-refractivity contribution in [3.05, 3.63) is 35.4 Å². The fraction of sp³-hybridized carbons (Fsp3) is 0.533. The molecule has 0 bridgehead atoms. The molecule has 0 fully saturated rings. The van der Waals surface area contributed by atoms with E-state index in [1.54, 1.807) is 0 Å². The Kier molecular flexibility index (Phi) is 4.56. The first-order valence-corrected chi connectivity index (χ1v) is 6.86. The molecule has 0 radical (unpaired) electrons. The second-order valence-corrected chi connectivity index (χ2v) is 5.38. The summed E-state index contributed by atoms with van der Waals surface area (Å²) in [6.45, 7) is 4.76. The van der Waals surface area contributed by atoms with Crippen molar-refractivity contribution in [3.8, 4) is 0 Å². The Bertz CT molecular complexity index is 446. The van der Waals surface area contributed by atoms with Gasteiger partial charge < -0.3 is 15.7 Å². The molecule has 104 valence electrons. The van der Waals surface area contributed by atoms with Crippen LogP contribution in [-0.4, -0.2) is 30.2 Å². The number of hydrogen-bond donors (Lipinski definition) is 3. The molecule has 4 heteroatoms. The van der Waals surface area contributed by atoms with E-state index in [1.807, 2.05) is 32.0 Å². The van der Waals surface area contributed by atoms with Crippen LogP contribution in [0.4, 0.5) is 0 Å². The summed E-state index contributed by atoms with van der Waals surface area (Å²) >= 11 is 0. The molecule has 1 amide bonds. The van der Waals surface area contributed by atoms with Crippen molar-refractivity contribution < 1.29 is 9.90 Å². The molecule has 19 heavy (non-hydrogen) atoms. The Morgan fingerprint density at radius 3 is 2.89 bits per heavy atom. The van der Waals surface area contributed by atoms with Crippen LogP contribution in [0.3, 0.4) is 0 Å². The Balaban J connectivity index is 2.12. The normalized spacial score (nSPS) is 19.9. The van der Waals surface area contributed by atoms with E-state index in [4.69, 9.17) is 0 Å². The summed E-state index contributed by atoms with van der Waals surface area (Å²) in [6, 6.07) is 7.53. The van der Waals surface area contributed by atoms with Crippen molar-refractivity contribution in [1.29, 1.82) is 0 Å². The summed E-state index contributed by atoms with van der Waals surface area (Å²) in [5.74, 6) is 0.160. The number of benzene rings is 1. The van der Waals surface area contributed by atoms with Gasteiger partial charge in [0.15, 0.2) is 0 Å². The number of carbonyl (C=O) groups is 1. The van der Waals surface area contributed by atoms with Gasteiger partial charge in [0, 0.05) is 6.54 Å². The van der Waals surface area contributed by atoms with Crippen LogP contribution in [0.2, 0.25) is 0 Å². The number of aliphatic hydroxyl groups excluding tert-OH is 1. The molecule has 1 aliphatic rings. The van der Waals surface area contributed by atoms with Gasteiger partial charge in [-0.05, 0) is 23.5 Å².